The van der Waals surface area contributed by atoms with E-state index in [1.807, 2.05) is 0 Å². The predicted molar refractivity (Wildman–Crippen MR) is 62.7 cm³/mol. The van der Waals surface area contributed by atoms with Crippen molar-refractivity contribution in [2.24, 2.45) is 0 Å². The van der Waals surface area contributed by atoms with Gasteiger partial charge in [0.25, 0.3) is 0 Å². The number of rotatable bonds is 5. The minimum Gasteiger partial charge on any atom is -0.316 e. The van der Waals surface area contributed by atoms with Crippen molar-refractivity contribution in [3.63, 3.8) is 0 Å². The molecule has 0 radical (unpaired) electrons. The molecule has 1 saturated heterocycles. The molecule has 0 aliphatic carbocycles. The Morgan fingerprint density at radius 1 is 1.21 bits per heavy atom. The van der Waals surface area contributed by atoms with Crippen LogP contribution in [0.15, 0.2) is 0 Å². The first-order valence-corrected chi connectivity index (χ1v) is 6.33. The zero-order chi connectivity index (χ0) is 10.2. The number of nitrogens with one attached hydrogen (secondary N) is 1. The molecule has 0 bridgehead atoms. The molecule has 0 amide bonds. The van der Waals surface area contributed by atoms with E-state index in [4.69, 9.17) is 0 Å². The third kappa shape index (κ3) is 3.97. The van der Waals surface area contributed by atoms with E-state index >= 15 is 0 Å². The number of likely N-dealkylation sites (N-methyl/N-ethyl adjacent to an activating group) is 1. The van der Waals surface area contributed by atoms with Crippen molar-refractivity contribution in [2.45, 2.75) is 52.0 Å². The van der Waals surface area contributed by atoms with Gasteiger partial charge in [-0.1, -0.05) is 26.7 Å². The van der Waals surface area contributed by atoms with E-state index in [0.717, 1.165) is 19.1 Å². The maximum Gasteiger partial charge on any atom is 0.0110 e. The van der Waals surface area contributed by atoms with E-state index in [2.05, 4.69) is 24.1 Å². The van der Waals surface area contributed by atoms with Crippen LogP contribution in [-0.2, 0) is 0 Å². The summed E-state index contributed by atoms with van der Waals surface area (Å²) in [6, 6.07) is 0.858. The largest absolute Gasteiger partial charge is 0.316 e. The molecule has 84 valence electrons. The molecule has 1 rings (SSSR count). The standard InChI is InChI=1S/C12H26N2/c1-3-12-8-6-5-7-10-14(12)11-9-13-4-2/h12-13H,3-11H2,1-2H3. The third-order valence-electron chi connectivity index (χ3n) is 3.30. The molecule has 0 aromatic heterocycles. The lowest BCUT2D eigenvalue weighted by molar-refractivity contribution is 0.195. The zero-order valence-corrected chi connectivity index (χ0v) is 9.89. The minimum atomic E-state index is 0.858. The summed E-state index contributed by atoms with van der Waals surface area (Å²) in [5, 5.41) is 3.42. The molecule has 0 aromatic rings. The summed E-state index contributed by atoms with van der Waals surface area (Å²) in [5.41, 5.74) is 0. The summed E-state index contributed by atoms with van der Waals surface area (Å²) in [4.78, 5) is 2.69. The summed E-state index contributed by atoms with van der Waals surface area (Å²) >= 11 is 0. The van der Waals surface area contributed by atoms with Crippen LogP contribution >= 0.6 is 0 Å². The molecule has 1 fully saturated rings. The highest BCUT2D eigenvalue weighted by Gasteiger charge is 2.18. The van der Waals surface area contributed by atoms with Crippen LogP contribution in [0, 0.1) is 0 Å². The maximum absolute atomic E-state index is 3.42. The average molecular weight is 198 g/mol. The van der Waals surface area contributed by atoms with Crippen molar-refractivity contribution in [1.82, 2.24) is 10.2 Å². The van der Waals surface area contributed by atoms with Gasteiger partial charge in [-0.25, -0.2) is 0 Å². The fourth-order valence-corrected chi connectivity index (χ4v) is 2.39. The first kappa shape index (κ1) is 12.0. The quantitative estimate of drug-likeness (QED) is 0.682. The van der Waals surface area contributed by atoms with Crippen molar-refractivity contribution in [1.29, 1.82) is 0 Å². The third-order valence-corrected chi connectivity index (χ3v) is 3.30. The normalized spacial score (nSPS) is 24.9. The van der Waals surface area contributed by atoms with Crippen LogP contribution in [0.2, 0.25) is 0 Å². The van der Waals surface area contributed by atoms with Crippen LogP contribution < -0.4 is 5.32 Å². The molecular weight excluding hydrogens is 172 g/mol. The molecule has 1 aliphatic heterocycles. The monoisotopic (exact) mass is 198 g/mol. The van der Waals surface area contributed by atoms with Crippen LogP contribution in [0.25, 0.3) is 0 Å². The van der Waals surface area contributed by atoms with E-state index in [1.54, 1.807) is 0 Å². The van der Waals surface area contributed by atoms with Crippen LogP contribution in [0.4, 0.5) is 0 Å². The van der Waals surface area contributed by atoms with E-state index < -0.39 is 0 Å². The highest BCUT2D eigenvalue weighted by atomic mass is 15.2. The molecule has 1 aliphatic rings. The molecule has 2 nitrogen and oxygen atoms in total. The Kier molecular flexibility index (Phi) is 6.20. The zero-order valence-electron chi connectivity index (χ0n) is 9.89. The summed E-state index contributed by atoms with van der Waals surface area (Å²) in [6.07, 6.45) is 7.03. The van der Waals surface area contributed by atoms with Crippen molar-refractivity contribution in [3.8, 4) is 0 Å². The number of hydrogen-bond donors (Lipinski definition) is 1. The smallest absolute Gasteiger partial charge is 0.0110 e. The Morgan fingerprint density at radius 2 is 2.07 bits per heavy atom. The molecule has 1 N–H and O–H groups in total. The average Bonchev–Trinajstić information content (AvgIpc) is 2.43. The molecule has 0 aromatic carbocycles. The first-order chi connectivity index (χ1) is 6.88. The van der Waals surface area contributed by atoms with E-state index in [-0.39, 0.29) is 0 Å². The lowest BCUT2D eigenvalue weighted by Crippen LogP contribution is -2.39. The van der Waals surface area contributed by atoms with Gasteiger partial charge in [-0.05, 0) is 32.4 Å². The van der Waals surface area contributed by atoms with Gasteiger partial charge in [0.05, 0.1) is 0 Å². The van der Waals surface area contributed by atoms with Crippen molar-refractivity contribution in [2.75, 3.05) is 26.2 Å². The predicted octanol–water partition coefficient (Wildman–Crippen LogP) is 2.25. The van der Waals surface area contributed by atoms with Gasteiger partial charge >= 0.3 is 0 Å². The maximum atomic E-state index is 3.42. The Morgan fingerprint density at radius 3 is 2.79 bits per heavy atom. The fourth-order valence-electron chi connectivity index (χ4n) is 2.39. The summed E-state index contributed by atoms with van der Waals surface area (Å²) in [7, 11) is 0. The van der Waals surface area contributed by atoms with Crippen molar-refractivity contribution < 1.29 is 0 Å². The van der Waals surface area contributed by atoms with Crippen LogP contribution in [0.3, 0.4) is 0 Å². The molecule has 2 heteroatoms. The van der Waals surface area contributed by atoms with E-state index in [1.165, 1.54) is 45.2 Å². The van der Waals surface area contributed by atoms with Gasteiger partial charge in [0.2, 0.25) is 0 Å². The Labute approximate surface area is 89.1 Å². The molecular formula is C12H26N2. The first-order valence-electron chi connectivity index (χ1n) is 6.33. The fraction of sp³-hybridized carbons (Fsp3) is 1.00. The highest BCUT2D eigenvalue weighted by molar-refractivity contribution is 4.74. The topological polar surface area (TPSA) is 15.3 Å². The second-order valence-corrected chi connectivity index (χ2v) is 4.30. The lowest BCUT2D eigenvalue weighted by atomic mass is 10.1. The number of hydrogen-bond acceptors (Lipinski definition) is 2. The minimum absolute atomic E-state index is 0.858. The molecule has 0 saturated carbocycles. The lowest BCUT2D eigenvalue weighted by Gasteiger charge is -2.29. The number of nitrogens with zero attached hydrogens (tertiary/aromatic N) is 1. The van der Waals surface area contributed by atoms with Gasteiger partial charge in [0, 0.05) is 19.1 Å². The van der Waals surface area contributed by atoms with Gasteiger partial charge in [-0.2, -0.15) is 0 Å². The van der Waals surface area contributed by atoms with Crippen molar-refractivity contribution >= 4 is 0 Å². The van der Waals surface area contributed by atoms with Crippen LogP contribution in [0.1, 0.15) is 46.0 Å². The Balaban J connectivity index is 2.28. The molecule has 1 atom stereocenters. The van der Waals surface area contributed by atoms with Gasteiger partial charge < -0.3 is 5.32 Å². The SMILES string of the molecule is CCNCCN1CCCCCC1CC. The van der Waals surface area contributed by atoms with Gasteiger partial charge in [0.1, 0.15) is 0 Å². The van der Waals surface area contributed by atoms with Crippen LogP contribution in [-0.4, -0.2) is 37.1 Å². The summed E-state index contributed by atoms with van der Waals surface area (Å²) in [5.74, 6) is 0. The summed E-state index contributed by atoms with van der Waals surface area (Å²) in [6.45, 7) is 9.34. The molecule has 1 unspecified atom stereocenters. The van der Waals surface area contributed by atoms with E-state index in [9.17, 15) is 0 Å². The summed E-state index contributed by atoms with van der Waals surface area (Å²) < 4.78 is 0. The Bertz CT molecular complexity index is 136. The Hall–Kier alpha value is -0.0800. The van der Waals surface area contributed by atoms with Gasteiger partial charge in [0.15, 0.2) is 0 Å². The molecule has 0 spiro atoms. The second-order valence-electron chi connectivity index (χ2n) is 4.30. The van der Waals surface area contributed by atoms with Gasteiger partial charge in [-0.3, -0.25) is 4.90 Å². The van der Waals surface area contributed by atoms with E-state index in [0.29, 0.717) is 0 Å². The molecule has 14 heavy (non-hydrogen) atoms. The second kappa shape index (κ2) is 7.24. The number of likely N-dealkylation sites (tertiary alicyclic amines) is 1. The van der Waals surface area contributed by atoms with Crippen molar-refractivity contribution in [3.05, 3.63) is 0 Å². The highest BCUT2D eigenvalue weighted by Crippen LogP contribution is 2.18. The molecule has 1 heterocycles. The van der Waals surface area contributed by atoms with Gasteiger partial charge in [-0.15, -0.1) is 0 Å². The van der Waals surface area contributed by atoms with Crippen LogP contribution in [0.5, 0.6) is 0 Å².